The fourth-order valence-electron chi connectivity index (χ4n) is 2.12. The summed E-state index contributed by atoms with van der Waals surface area (Å²) in [6.07, 6.45) is 5.65. The molecule has 1 heterocycles. The Morgan fingerprint density at radius 2 is 1.79 bits per heavy atom. The van der Waals surface area contributed by atoms with Gasteiger partial charge in [-0.2, -0.15) is 0 Å². The molecular weight excluding hydrogens is 234 g/mol. The Hall–Kier alpha value is -1.61. The van der Waals surface area contributed by atoms with Crippen molar-refractivity contribution in [3.63, 3.8) is 0 Å². The maximum absolute atomic E-state index is 4.04. The van der Waals surface area contributed by atoms with Crippen LogP contribution in [0.2, 0.25) is 0 Å². The quantitative estimate of drug-likeness (QED) is 0.860. The monoisotopic (exact) mass is 257 g/mol. The van der Waals surface area contributed by atoms with Crippen LogP contribution in [-0.4, -0.2) is 16.1 Å². The Bertz CT molecular complexity index is 471. The molecule has 1 atom stereocenters. The molecule has 0 aliphatic carbocycles. The number of imidazole rings is 1. The van der Waals surface area contributed by atoms with Crippen LogP contribution in [0.1, 0.15) is 43.9 Å². The van der Waals surface area contributed by atoms with E-state index in [-0.39, 0.29) is 0 Å². The van der Waals surface area contributed by atoms with Crippen molar-refractivity contribution in [1.82, 2.24) is 14.9 Å². The van der Waals surface area contributed by atoms with Crippen LogP contribution in [0.15, 0.2) is 43.0 Å². The van der Waals surface area contributed by atoms with Crippen molar-refractivity contribution in [1.29, 1.82) is 0 Å². The third-order valence-corrected chi connectivity index (χ3v) is 3.48. The second kappa shape index (κ2) is 6.53. The van der Waals surface area contributed by atoms with Gasteiger partial charge in [0.25, 0.3) is 0 Å². The van der Waals surface area contributed by atoms with Gasteiger partial charge in [0.2, 0.25) is 0 Å². The van der Waals surface area contributed by atoms with E-state index in [9.17, 15) is 0 Å². The Morgan fingerprint density at radius 3 is 2.37 bits per heavy atom. The summed E-state index contributed by atoms with van der Waals surface area (Å²) in [5.74, 6) is 0.596. The fourth-order valence-corrected chi connectivity index (χ4v) is 2.12. The maximum atomic E-state index is 4.04. The van der Waals surface area contributed by atoms with Gasteiger partial charge in [0, 0.05) is 31.5 Å². The summed E-state index contributed by atoms with van der Waals surface area (Å²) >= 11 is 0. The summed E-state index contributed by atoms with van der Waals surface area (Å²) in [6, 6.07) is 9.29. The number of nitrogens with one attached hydrogen (secondary N) is 1. The third-order valence-electron chi connectivity index (χ3n) is 3.48. The Labute approximate surface area is 115 Å². The van der Waals surface area contributed by atoms with Gasteiger partial charge in [-0.1, -0.05) is 38.1 Å². The van der Waals surface area contributed by atoms with E-state index >= 15 is 0 Å². The Balaban J connectivity index is 1.83. The number of rotatable bonds is 6. The van der Waals surface area contributed by atoms with Gasteiger partial charge < -0.3 is 9.88 Å². The van der Waals surface area contributed by atoms with Gasteiger partial charge in [0.1, 0.15) is 0 Å². The first-order valence-electron chi connectivity index (χ1n) is 6.96. The first-order chi connectivity index (χ1) is 9.16. The molecule has 1 N–H and O–H groups in total. The molecule has 2 aromatic rings. The zero-order chi connectivity index (χ0) is 13.7. The first kappa shape index (κ1) is 13.8. The van der Waals surface area contributed by atoms with E-state index in [0.29, 0.717) is 12.0 Å². The van der Waals surface area contributed by atoms with Crippen molar-refractivity contribution in [2.75, 3.05) is 6.54 Å². The van der Waals surface area contributed by atoms with Gasteiger partial charge in [-0.15, -0.1) is 0 Å². The SMILES string of the molecule is CC(C)c1ccc(C(C)NCCn2ccnc2)cc1. The molecule has 0 saturated carbocycles. The smallest absolute Gasteiger partial charge is 0.0946 e. The molecule has 0 bridgehead atoms. The molecule has 1 aromatic carbocycles. The Kier molecular flexibility index (Phi) is 4.74. The summed E-state index contributed by atoms with van der Waals surface area (Å²) in [4.78, 5) is 4.04. The fraction of sp³-hybridized carbons (Fsp3) is 0.438. The highest BCUT2D eigenvalue weighted by atomic mass is 15.0. The van der Waals surface area contributed by atoms with Gasteiger partial charge >= 0.3 is 0 Å². The summed E-state index contributed by atoms with van der Waals surface area (Å²) in [6.45, 7) is 8.56. The average molecular weight is 257 g/mol. The van der Waals surface area contributed by atoms with Crippen molar-refractivity contribution in [2.24, 2.45) is 0 Å². The van der Waals surface area contributed by atoms with Crippen LogP contribution in [0.25, 0.3) is 0 Å². The van der Waals surface area contributed by atoms with Crippen molar-refractivity contribution >= 4 is 0 Å². The van der Waals surface area contributed by atoms with Gasteiger partial charge in [-0.3, -0.25) is 0 Å². The lowest BCUT2D eigenvalue weighted by Crippen LogP contribution is -2.23. The van der Waals surface area contributed by atoms with Crippen LogP contribution in [0.4, 0.5) is 0 Å². The molecular formula is C16H23N3. The number of aromatic nitrogens is 2. The highest BCUT2D eigenvalue weighted by molar-refractivity contribution is 5.26. The zero-order valence-electron chi connectivity index (χ0n) is 12.0. The summed E-state index contributed by atoms with van der Waals surface area (Å²) in [5.41, 5.74) is 2.74. The van der Waals surface area contributed by atoms with E-state index in [1.165, 1.54) is 11.1 Å². The molecule has 19 heavy (non-hydrogen) atoms. The minimum atomic E-state index is 0.379. The van der Waals surface area contributed by atoms with Crippen LogP contribution in [0, 0.1) is 0 Å². The van der Waals surface area contributed by atoms with Crippen LogP contribution in [-0.2, 0) is 6.54 Å². The van der Waals surface area contributed by atoms with E-state index in [1.807, 2.05) is 18.7 Å². The van der Waals surface area contributed by atoms with E-state index < -0.39 is 0 Å². The second-order valence-corrected chi connectivity index (χ2v) is 5.30. The van der Waals surface area contributed by atoms with Crippen molar-refractivity contribution in [2.45, 2.75) is 39.3 Å². The lowest BCUT2D eigenvalue weighted by Gasteiger charge is -2.15. The van der Waals surface area contributed by atoms with E-state index in [4.69, 9.17) is 0 Å². The normalized spacial score (nSPS) is 12.8. The van der Waals surface area contributed by atoms with Crippen molar-refractivity contribution < 1.29 is 0 Å². The molecule has 0 spiro atoms. The molecule has 3 heteroatoms. The molecule has 0 saturated heterocycles. The van der Waals surface area contributed by atoms with Gasteiger partial charge in [-0.25, -0.2) is 4.98 Å². The van der Waals surface area contributed by atoms with E-state index in [2.05, 4.69) is 59.9 Å². The van der Waals surface area contributed by atoms with Crippen LogP contribution < -0.4 is 5.32 Å². The molecule has 3 nitrogen and oxygen atoms in total. The van der Waals surface area contributed by atoms with Crippen LogP contribution in [0.3, 0.4) is 0 Å². The highest BCUT2D eigenvalue weighted by Crippen LogP contribution is 2.18. The van der Waals surface area contributed by atoms with Gasteiger partial charge in [0.05, 0.1) is 6.33 Å². The molecule has 0 aliphatic heterocycles. The topological polar surface area (TPSA) is 29.9 Å². The Morgan fingerprint density at radius 1 is 1.11 bits per heavy atom. The molecule has 1 unspecified atom stereocenters. The largest absolute Gasteiger partial charge is 0.336 e. The van der Waals surface area contributed by atoms with Crippen molar-refractivity contribution in [3.8, 4) is 0 Å². The zero-order valence-corrected chi connectivity index (χ0v) is 12.0. The van der Waals surface area contributed by atoms with E-state index in [0.717, 1.165) is 13.1 Å². The maximum Gasteiger partial charge on any atom is 0.0946 e. The van der Waals surface area contributed by atoms with Crippen LogP contribution >= 0.6 is 0 Å². The molecule has 0 fully saturated rings. The second-order valence-electron chi connectivity index (χ2n) is 5.30. The summed E-state index contributed by atoms with van der Waals surface area (Å²) in [5, 5.41) is 3.54. The first-order valence-corrected chi connectivity index (χ1v) is 6.96. The molecule has 0 amide bonds. The highest BCUT2D eigenvalue weighted by Gasteiger charge is 2.05. The number of hydrogen-bond acceptors (Lipinski definition) is 2. The third kappa shape index (κ3) is 3.93. The standard InChI is InChI=1S/C16H23N3/c1-13(2)15-4-6-16(7-5-15)14(3)18-9-11-19-10-8-17-12-19/h4-8,10,12-14,18H,9,11H2,1-3H3. The van der Waals surface area contributed by atoms with E-state index in [1.54, 1.807) is 0 Å². The predicted molar refractivity (Wildman–Crippen MR) is 79.2 cm³/mol. The molecule has 0 aliphatic rings. The van der Waals surface area contributed by atoms with Crippen LogP contribution in [0.5, 0.6) is 0 Å². The molecule has 102 valence electrons. The molecule has 2 rings (SSSR count). The van der Waals surface area contributed by atoms with Crippen molar-refractivity contribution in [3.05, 3.63) is 54.1 Å². The predicted octanol–water partition coefficient (Wildman–Crippen LogP) is 3.36. The van der Waals surface area contributed by atoms with Gasteiger partial charge in [0.15, 0.2) is 0 Å². The lowest BCUT2D eigenvalue weighted by atomic mass is 10.00. The molecule has 1 aromatic heterocycles. The number of benzene rings is 1. The van der Waals surface area contributed by atoms with Gasteiger partial charge in [-0.05, 0) is 24.0 Å². The summed E-state index contributed by atoms with van der Waals surface area (Å²) < 4.78 is 2.08. The average Bonchev–Trinajstić information content (AvgIpc) is 2.92. The number of nitrogens with zero attached hydrogens (tertiary/aromatic N) is 2. The minimum Gasteiger partial charge on any atom is -0.336 e. The summed E-state index contributed by atoms with van der Waals surface area (Å²) in [7, 11) is 0. The minimum absolute atomic E-state index is 0.379. The molecule has 0 radical (unpaired) electrons. The lowest BCUT2D eigenvalue weighted by molar-refractivity contribution is 0.531. The number of hydrogen-bond donors (Lipinski definition) is 1.